The van der Waals surface area contributed by atoms with Crippen LogP contribution in [0.25, 0.3) is 0 Å². The lowest BCUT2D eigenvalue weighted by molar-refractivity contribution is -0.386. The van der Waals surface area contributed by atoms with E-state index in [0.29, 0.717) is 5.75 Å². The van der Waals surface area contributed by atoms with Gasteiger partial charge in [0.1, 0.15) is 10.9 Å². The third kappa shape index (κ3) is 3.15. The molecule has 7 heteroatoms. The predicted molar refractivity (Wildman–Crippen MR) is 74.2 cm³/mol. The second-order valence-electron chi connectivity index (χ2n) is 3.47. The number of benzene rings is 1. The van der Waals surface area contributed by atoms with Crippen molar-refractivity contribution in [1.82, 2.24) is 4.98 Å². The van der Waals surface area contributed by atoms with Gasteiger partial charge in [-0.3, -0.25) is 10.1 Å². The highest BCUT2D eigenvalue weighted by Crippen LogP contribution is 2.35. The standard InChI is InChI=1S/C12H9ClN2O3S/c1-19-10-5-3-2-4-9(10)18-12-8(15(16)17)6-7-11(13)14-12/h2-7H,1H3. The van der Waals surface area contributed by atoms with Crippen molar-refractivity contribution >= 4 is 29.1 Å². The van der Waals surface area contributed by atoms with Crippen LogP contribution in [0, 0.1) is 10.1 Å². The number of ether oxygens (including phenoxy) is 1. The summed E-state index contributed by atoms with van der Waals surface area (Å²) < 4.78 is 5.52. The zero-order chi connectivity index (χ0) is 13.8. The van der Waals surface area contributed by atoms with Crippen LogP contribution in [0.1, 0.15) is 0 Å². The van der Waals surface area contributed by atoms with Gasteiger partial charge >= 0.3 is 11.6 Å². The smallest absolute Gasteiger partial charge is 0.331 e. The Kier molecular flexibility index (Phi) is 4.24. The summed E-state index contributed by atoms with van der Waals surface area (Å²) in [6, 6.07) is 9.85. The molecule has 0 saturated heterocycles. The van der Waals surface area contributed by atoms with Crippen molar-refractivity contribution in [2.75, 3.05) is 6.26 Å². The van der Waals surface area contributed by atoms with E-state index in [0.717, 1.165) is 4.90 Å². The van der Waals surface area contributed by atoms with Crippen LogP contribution < -0.4 is 4.74 Å². The molecule has 0 N–H and O–H groups in total. The molecular formula is C12H9ClN2O3S. The number of nitrogens with zero attached hydrogens (tertiary/aromatic N) is 2. The Morgan fingerprint density at radius 3 is 2.74 bits per heavy atom. The molecule has 1 aromatic heterocycles. The van der Waals surface area contributed by atoms with E-state index in [4.69, 9.17) is 16.3 Å². The zero-order valence-electron chi connectivity index (χ0n) is 9.87. The van der Waals surface area contributed by atoms with Crippen molar-refractivity contribution < 1.29 is 9.66 Å². The second-order valence-corrected chi connectivity index (χ2v) is 4.70. The van der Waals surface area contributed by atoms with E-state index < -0.39 is 4.92 Å². The van der Waals surface area contributed by atoms with Gasteiger partial charge < -0.3 is 4.74 Å². The van der Waals surface area contributed by atoms with E-state index in [1.54, 1.807) is 12.1 Å². The van der Waals surface area contributed by atoms with Crippen LogP contribution in [0.4, 0.5) is 5.69 Å². The largest absolute Gasteiger partial charge is 0.432 e. The monoisotopic (exact) mass is 296 g/mol. The molecule has 1 aromatic carbocycles. The van der Waals surface area contributed by atoms with Gasteiger partial charge in [-0.05, 0) is 24.5 Å². The topological polar surface area (TPSA) is 65.3 Å². The SMILES string of the molecule is CSc1ccccc1Oc1nc(Cl)ccc1[N+](=O)[O-]. The Balaban J connectivity index is 2.42. The minimum Gasteiger partial charge on any atom is -0.432 e. The highest BCUT2D eigenvalue weighted by Gasteiger charge is 2.19. The van der Waals surface area contributed by atoms with E-state index in [1.165, 1.54) is 23.9 Å². The maximum atomic E-state index is 10.9. The van der Waals surface area contributed by atoms with Gasteiger partial charge in [0.05, 0.1) is 4.92 Å². The lowest BCUT2D eigenvalue weighted by atomic mass is 10.3. The summed E-state index contributed by atoms with van der Waals surface area (Å²) in [6.45, 7) is 0. The Hall–Kier alpha value is -1.79. The first-order valence-corrected chi connectivity index (χ1v) is 6.84. The van der Waals surface area contributed by atoms with Crippen LogP contribution in [-0.2, 0) is 0 Å². The summed E-state index contributed by atoms with van der Waals surface area (Å²) in [5.41, 5.74) is -0.222. The summed E-state index contributed by atoms with van der Waals surface area (Å²) in [6.07, 6.45) is 1.89. The quantitative estimate of drug-likeness (QED) is 0.367. The van der Waals surface area contributed by atoms with Gasteiger partial charge in [-0.25, -0.2) is 0 Å². The fourth-order valence-electron chi connectivity index (χ4n) is 1.43. The van der Waals surface area contributed by atoms with Crippen LogP contribution in [0.15, 0.2) is 41.3 Å². The van der Waals surface area contributed by atoms with E-state index in [2.05, 4.69) is 4.98 Å². The fraction of sp³-hybridized carbons (Fsp3) is 0.0833. The molecule has 0 spiro atoms. The normalized spacial score (nSPS) is 10.2. The number of hydrogen-bond donors (Lipinski definition) is 0. The maximum absolute atomic E-state index is 10.9. The first kappa shape index (κ1) is 13.6. The summed E-state index contributed by atoms with van der Waals surface area (Å²) in [5, 5.41) is 11.1. The average Bonchev–Trinajstić information content (AvgIpc) is 2.39. The van der Waals surface area contributed by atoms with Crippen molar-refractivity contribution in [1.29, 1.82) is 0 Å². The van der Waals surface area contributed by atoms with E-state index in [9.17, 15) is 10.1 Å². The van der Waals surface area contributed by atoms with Gasteiger partial charge in [0, 0.05) is 11.0 Å². The third-order valence-corrected chi connectivity index (χ3v) is 3.27. The number of thioether (sulfide) groups is 1. The van der Waals surface area contributed by atoms with Crippen LogP contribution in [0.5, 0.6) is 11.6 Å². The van der Waals surface area contributed by atoms with E-state index in [1.807, 2.05) is 18.4 Å². The number of rotatable bonds is 4. The molecule has 0 atom stereocenters. The number of hydrogen-bond acceptors (Lipinski definition) is 5. The lowest BCUT2D eigenvalue weighted by Gasteiger charge is -2.08. The molecule has 1 heterocycles. The number of nitro groups is 1. The maximum Gasteiger partial charge on any atom is 0.331 e. The molecule has 0 unspecified atom stereocenters. The highest BCUT2D eigenvalue weighted by atomic mass is 35.5. The molecule has 19 heavy (non-hydrogen) atoms. The first-order valence-electron chi connectivity index (χ1n) is 5.23. The molecule has 2 aromatic rings. The Bertz CT molecular complexity index is 622. The number of halogens is 1. The van der Waals surface area contributed by atoms with Crippen molar-refractivity contribution in [3.8, 4) is 11.6 Å². The molecule has 2 rings (SSSR count). The molecule has 0 aliphatic heterocycles. The molecule has 0 saturated carbocycles. The van der Waals surface area contributed by atoms with Crippen molar-refractivity contribution in [2.45, 2.75) is 4.90 Å². The molecule has 0 aliphatic carbocycles. The van der Waals surface area contributed by atoms with Crippen molar-refractivity contribution in [3.05, 3.63) is 51.7 Å². The molecule has 98 valence electrons. The minimum absolute atomic E-state index is 0.112. The zero-order valence-corrected chi connectivity index (χ0v) is 11.4. The van der Waals surface area contributed by atoms with Crippen molar-refractivity contribution in [3.63, 3.8) is 0 Å². The van der Waals surface area contributed by atoms with Gasteiger partial charge in [0.25, 0.3) is 0 Å². The molecule has 0 fully saturated rings. The van der Waals surface area contributed by atoms with E-state index in [-0.39, 0.29) is 16.7 Å². The Morgan fingerprint density at radius 2 is 2.05 bits per heavy atom. The third-order valence-electron chi connectivity index (χ3n) is 2.28. The summed E-state index contributed by atoms with van der Waals surface area (Å²) in [4.78, 5) is 15.1. The summed E-state index contributed by atoms with van der Waals surface area (Å²) in [5.74, 6) is 0.395. The minimum atomic E-state index is -0.555. The molecule has 0 bridgehead atoms. The van der Waals surface area contributed by atoms with Crippen LogP contribution in [-0.4, -0.2) is 16.2 Å². The Morgan fingerprint density at radius 1 is 1.32 bits per heavy atom. The average molecular weight is 297 g/mol. The fourth-order valence-corrected chi connectivity index (χ4v) is 2.10. The molecule has 0 radical (unpaired) electrons. The van der Waals surface area contributed by atoms with E-state index >= 15 is 0 Å². The lowest BCUT2D eigenvalue weighted by Crippen LogP contribution is -1.96. The summed E-state index contributed by atoms with van der Waals surface area (Å²) >= 11 is 7.22. The molecular weight excluding hydrogens is 288 g/mol. The van der Waals surface area contributed by atoms with Crippen LogP contribution >= 0.6 is 23.4 Å². The van der Waals surface area contributed by atoms with Crippen LogP contribution in [0.2, 0.25) is 5.15 Å². The predicted octanol–water partition coefficient (Wildman–Crippen LogP) is 4.16. The van der Waals surface area contributed by atoms with Gasteiger partial charge in [-0.15, -0.1) is 11.8 Å². The first-order chi connectivity index (χ1) is 9.11. The molecule has 0 aliphatic rings. The molecule has 0 amide bonds. The van der Waals surface area contributed by atoms with Gasteiger partial charge in [-0.1, -0.05) is 23.7 Å². The van der Waals surface area contributed by atoms with Crippen LogP contribution in [0.3, 0.4) is 0 Å². The molecule has 5 nitrogen and oxygen atoms in total. The summed E-state index contributed by atoms with van der Waals surface area (Å²) in [7, 11) is 0. The number of aromatic nitrogens is 1. The van der Waals surface area contributed by atoms with Gasteiger partial charge in [0.15, 0.2) is 0 Å². The number of pyridine rings is 1. The van der Waals surface area contributed by atoms with Crippen molar-refractivity contribution in [2.24, 2.45) is 0 Å². The highest BCUT2D eigenvalue weighted by molar-refractivity contribution is 7.98. The number of para-hydroxylation sites is 1. The Labute approximate surface area is 118 Å². The van der Waals surface area contributed by atoms with Gasteiger partial charge in [0.2, 0.25) is 0 Å². The second kappa shape index (κ2) is 5.90. The van der Waals surface area contributed by atoms with Gasteiger partial charge in [-0.2, -0.15) is 4.98 Å².